The van der Waals surface area contributed by atoms with Crippen molar-refractivity contribution < 1.29 is 18.4 Å². The minimum atomic E-state index is -3.76. The van der Waals surface area contributed by atoms with Crippen molar-refractivity contribution in [2.24, 2.45) is 0 Å². The lowest BCUT2D eigenvalue weighted by Gasteiger charge is -2.31. The van der Waals surface area contributed by atoms with Crippen LogP contribution >= 0.6 is 0 Å². The van der Waals surface area contributed by atoms with Crippen LogP contribution in [0.2, 0.25) is 0 Å². The predicted molar refractivity (Wildman–Crippen MR) is 101 cm³/mol. The molecule has 0 amide bonds. The summed E-state index contributed by atoms with van der Waals surface area (Å²) >= 11 is 0. The fourth-order valence-corrected chi connectivity index (χ4v) is 5.01. The lowest BCUT2D eigenvalue weighted by Crippen LogP contribution is -2.47. The van der Waals surface area contributed by atoms with Gasteiger partial charge in [0.2, 0.25) is 10.0 Å². The number of sulfonamides is 1. The van der Waals surface area contributed by atoms with Crippen LogP contribution in [0.5, 0.6) is 0 Å². The number of benzene rings is 1. The van der Waals surface area contributed by atoms with E-state index in [0.29, 0.717) is 44.7 Å². The van der Waals surface area contributed by atoms with Gasteiger partial charge < -0.3 is 15.3 Å². The zero-order valence-electron chi connectivity index (χ0n) is 15.4. The maximum Gasteiger partial charge on any atom is 0.293 e. The van der Waals surface area contributed by atoms with Gasteiger partial charge in [0.25, 0.3) is 5.69 Å². The summed E-state index contributed by atoms with van der Waals surface area (Å²) in [5, 5.41) is 24.3. The molecular weight excluding hydrogens is 372 g/mol. The van der Waals surface area contributed by atoms with E-state index in [-0.39, 0.29) is 22.7 Å². The highest BCUT2D eigenvalue weighted by molar-refractivity contribution is 7.89. The van der Waals surface area contributed by atoms with Crippen molar-refractivity contribution in [3.63, 3.8) is 0 Å². The first-order valence-electron chi connectivity index (χ1n) is 9.19. The summed E-state index contributed by atoms with van der Waals surface area (Å²) < 4.78 is 27.1. The van der Waals surface area contributed by atoms with E-state index in [9.17, 15) is 23.6 Å². The summed E-state index contributed by atoms with van der Waals surface area (Å²) in [7, 11) is -1.83. The highest BCUT2D eigenvalue weighted by atomic mass is 32.2. The molecule has 2 N–H and O–H groups in total. The number of rotatable bonds is 5. The third kappa shape index (κ3) is 4.57. The number of nitro groups is 1. The standard InChI is InChI=1S/C17H26N4O5S/c1-19-8-10-20(11-9-19)27(25,26)15-6-7-16(17(12-15)21(23)24)18-13-2-4-14(22)5-3-13/h6-7,12-14,18,22H,2-5,8-11H2,1H3. The van der Waals surface area contributed by atoms with Crippen LogP contribution < -0.4 is 5.32 Å². The Morgan fingerprint density at radius 3 is 2.37 bits per heavy atom. The van der Waals surface area contributed by atoms with Gasteiger partial charge in [-0.25, -0.2) is 8.42 Å². The van der Waals surface area contributed by atoms with Gasteiger partial charge in [0.05, 0.1) is 15.9 Å². The van der Waals surface area contributed by atoms with E-state index in [1.165, 1.54) is 16.4 Å². The van der Waals surface area contributed by atoms with Crippen molar-refractivity contribution in [1.82, 2.24) is 9.21 Å². The summed E-state index contributed by atoms with van der Waals surface area (Å²) in [6, 6.07) is 4.09. The Morgan fingerprint density at radius 2 is 1.78 bits per heavy atom. The van der Waals surface area contributed by atoms with Gasteiger partial charge in [-0.05, 0) is 44.9 Å². The molecule has 0 bridgehead atoms. The second-order valence-corrected chi connectivity index (χ2v) is 9.23. The molecule has 2 fully saturated rings. The average Bonchev–Trinajstić information content (AvgIpc) is 2.64. The molecule has 27 heavy (non-hydrogen) atoms. The molecule has 1 aliphatic carbocycles. The third-order valence-corrected chi connectivity index (χ3v) is 7.22. The van der Waals surface area contributed by atoms with Gasteiger partial charge in [-0.2, -0.15) is 4.31 Å². The first kappa shape index (κ1) is 20.0. The van der Waals surface area contributed by atoms with Crippen LogP contribution in [0.15, 0.2) is 23.1 Å². The van der Waals surface area contributed by atoms with Crippen LogP contribution in [-0.2, 0) is 10.0 Å². The molecule has 150 valence electrons. The number of hydrogen-bond acceptors (Lipinski definition) is 7. The van der Waals surface area contributed by atoms with Crippen LogP contribution in [0.25, 0.3) is 0 Å². The van der Waals surface area contributed by atoms with Crippen molar-refractivity contribution in [3.8, 4) is 0 Å². The summed E-state index contributed by atoms with van der Waals surface area (Å²) in [6.45, 7) is 2.01. The van der Waals surface area contributed by atoms with E-state index in [0.717, 1.165) is 18.9 Å². The Labute approximate surface area is 159 Å². The molecule has 1 aromatic rings. The van der Waals surface area contributed by atoms with E-state index in [1.807, 2.05) is 11.9 Å². The van der Waals surface area contributed by atoms with Crippen molar-refractivity contribution in [3.05, 3.63) is 28.3 Å². The summed E-state index contributed by atoms with van der Waals surface area (Å²) in [5.74, 6) is 0. The fraction of sp³-hybridized carbons (Fsp3) is 0.647. The smallest absolute Gasteiger partial charge is 0.293 e. The van der Waals surface area contributed by atoms with Gasteiger partial charge in [-0.15, -0.1) is 0 Å². The number of nitrogens with zero attached hydrogens (tertiary/aromatic N) is 3. The second-order valence-electron chi connectivity index (χ2n) is 7.29. The number of piperazine rings is 1. The Hall–Kier alpha value is -1.75. The van der Waals surface area contributed by atoms with E-state index in [1.54, 1.807) is 0 Å². The molecular formula is C17H26N4O5S. The van der Waals surface area contributed by atoms with E-state index in [4.69, 9.17) is 0 Å². The molecule has 1 saturated carbocycles. The van der Waals surface area contributed by atoms with Gasteiger partial charge in [-0.1, -0.05) is 0 Å². The molecule has 1 aromatic carbocycles. The van der Waals surface area contributed by atoms with Crippen LogP contribution in [0.1, 0.15) is 25.7 Å². The fourth-order valence-electron chi connectivity index (χ4n) is 3.56. The number of nitro benzene ring substituents is 1. The first-order chi connectivity index (χ1) is 12.8. The van der Waals surface area contributed by atoms with Crippen molar-refractivity contribution in [2.75, 3.05) is 38.5 Å². The molecule has 2 aliphatic rings. The normalized spacial score (nSPS) is 25.3. The first-order valence-corrected chi connectivity index (χ1v) is 10.6. The second kappa shape index (κ2) is 8.09. The van der Waals surface area contributed by atoms with Crippen LogP contribution in [0, 0.1) is 10.1 Å². The van der Waals surface area contributed by atoms with Crippen LogP contribution in [0.4, 0.5) is 11.4 Å². The number of nitrogens with one attached hydrogen (secondary N) is 1. The quantitative estimate of drug-likeness (QED) is 0.566. The molecule has 1 saturated heterocycles. The number of likely N-dealkylation sites (N-methyl/N-ethyl adjacent to an activating group) is 1. The summed E-state index contributed by atoms with van der Waals surface area (Å²) in [6.07, 6.45) is 2.44. The molecule has 9 nitrogen and oxygen atoms in total. The van der Waals surface area contributed by atoms with Crippen molar-refractivity contribution >= 4 is 21.4 Å². The largest absolute Gasteiger partial charge is 0.393 e. The van der Waals surface area contributed by atoms with E-state index in [2.05, 4.69) is 5.32 Å². The Bertz CT molecular complexity index is 785. The molecule has 0 atom stereocenters. The monoisotopic (exact) mass is 398 g/mol. The minimum absolute atomic E-state index is 0.0344. The molecule has 0 spiro atoms. The topological polar surface area (TPSA) is 116 Å². The number of anilines is 1. The van der Waals surface area contributed by atoms with E-state index >= 15 is 0 Å². The lowest BCUT2D eigenvalue weighted by molar-refractivity contribution is -0.384. The minimum Gasteiger partial charge on any atom is -0.393 e. The number of hydrogen-bond donors (Lipinski definition) is 2. The number of aliphatic hydroxyl groups is 1. The predicted octanol–water partition coefficient (Wildman–Crippen LogP) is 1.25. The Balaban J connectivity index is 1.82. The van der Waals surface area contributed by atoms with Crippen LogP contribution in [0.3, 0.4) is 0 Å². The van der Waals surface area contributed by atoms with Gasteiger partial charge in [0.15, 0.2) is 0 Å². The highest BCUT2D eigenvalue weighted by Gasteiger charge is 2.30. The zero-order chi connectivity index (χ0) is 19.6. The van der Waals surface area contributed by atoms with Crippen LogP contribution in [-0.4, -0.2) is 73.0 Å². The number of aliphatic hydroxyl groups excluding tert-OH is 1. The summed E-state index contributed by atoms with van der Waals surface area (Å²) in [5.41, 5.74) is 0.0787. The molecule has 1 heterocycles. The molecule has 0 aromatic heterocycles. The van der Waals surface area contributed by atoms with Crippen molar-refractivity contribution in [1.29, 1.82) is 0 Å². The molecule has 0 unspecified atom stereocenters. The lowest BCUT2D eigenvalue weighted by atomic mass is 9.93. The van der Waals surface area contributed by atoms with Gasteiger partial charge in [-0.3, -0.25) is 10.1 Å². The Morgan fingerprint density at radius 1 is 1.15 bits per heavy atom. The van der Waals surface area contributed by atoms with Gasteiger partial charge in [0, 0.05) is 38.3 Å². The third-order valence-electron chi connectivity index (χ3n) is 5.32. The van der Waals surface area contributed by atoms with E-state index < -0.39 is 14.9 Å². The SMILES string of the molecule is CN1CCN(S(=O)(=O)c2ccc(NC3CCC(O)CC3)c([N+](=O)[O-])c2)CC1. The molecule has 3 rings (SSSR count). The molecule has 10 heteroatoms. The zero-order valence-corrected chi connectivity index (χ0v) is 16.2. The summed E-state index contributed by atoms with van der Waals surface area (Å²) in [4.78, 5) is 13.0. The Kier molecular flexibility index (Phi) is 5.99. The molecule has 0 radical (unpaired) electrons. The molecule has 1 aliphatic heterocycles. The van der Waals surface area contributed by atoms with Gasteiger partial charge >= 0.3 is 0 Å². The highest BCUT2D eigenvalue weighted by Crippen LogP contribution is 2.32. The maximum absolute atomic E-state index is 12.8. The maximum atomic E-state index is 12.8. The van der Waals surface area contributed by atoms with Crippen molar-refractivity contribution in [2.45, 2.75) is 42.7 Å². The average molecular weight is 398 g/mol. The van der Waals surface area contributed by atoms with Gasteiger partial charge in [0.1, 0.15) is 5.69 Å².